The molecule has 0 aromatic carbocycles. The maximum absolute atomic E-state index is 12.9. The molecule has 0 aromatic heterocycles. The minimum absolute atomic E-state index is 0.00604. The number of nitrogens with zero attached hydrogens (tertiary/aromatic N) is 1. The molecule has 0 bridgehead atoms. The SMILES string of the molecule is COC1(C(=O)N2CCC(C(=O)O)(C(C)C)C2)CCCCC1. The fraction of sp³-hybridized carbons (Fsp3) is 0.875. The van der Waals surface area contributed by atoms with E-state index < -0.39 is 17.0 Å². The first kappa shape index (κ1) is 16.3. The van der Waals surface area contributed by atoms with Crippen LogP contribution in [0, 0.1) is 11.3 Å². The second-order valence-corrected chi connectivity index (χ2v) is 6.85. The monoisotopic (exact) mass is 297 g/mol. The van der Waals surface area contributed by atoms with Gasteiger partial charge in [-0.1, -0.05) is 33.1 Å². The summed E-state index contributed by atoms with van der Waals surface area (Å²) in [5, 5.41) is 9.60. The predicted molar refractivity (Wildman–Crippen MR) is 78.9 cm³/mol. The molecule has 0 aromatic rings. The predicted octanol–water partition coefficient (Wildman–Crippen LogP) is 2.29. The van der Waals surface area contributed by atoms with Crippen LogP contribution in [-0.2, 0) is 14.3 Å². The highest BCUT2D eigenvalue weighted by molar-refractivity contribution is 5.87. The molecule has 1 aliphatic heterocycles. The fourth-order valence-electron chi connectivity index (χ4n) is 3.82. The van der Waals surface area contributed by atoms with Crippen molar-refractivity contribution in [2.45, 2.75) is 58.0 Å². The van der Waals surface area contributed by atoms with Crippen LogP contribution in [0.5, 0.6) is 0 Å². The Morgan fingerprint density at radius 1 is 1.14 bits per heavy atom. The van der Waals surface area contributed by atoms with Crippen molar-refractivity contribution in [3.63, 3.8) is 0 Å². The molecule has 2 rings (SSSR count). The van der Waals surface area contributed by atoms with Gasteiger partial charge in [0.05, 0.1) is 5.41 Å². The number of carboxylic acid groups (broad SMARTS) is 1. The van der Waals surface area contributed by atoms with E-state index in [4.69, 9.17) is 4.74 Å². The lowest BCUT2D eigenvalue weighted by atomic mass is 9.76. The fourth-order valence-corrected chi connectivity index (χ4v) is 3.82. The average molecular weight is 297 g/mol. The van der Waals surface area contributed by atoms with Gasteiger partial charge in [0.25, 0.3) is 5.91 Å². The van der Waals surface area contributed by atoms with Crippen molar-refractivity contribution in [1.29, 1.82) is 0 Å². The molecule has 0 radical (unpaired) electrons. The molecule has 1 amide bonds. The highest BCUT2D eigenvalue weighted by Crippen LogP contribution is 2.41. The Hall–Kier alpha value is -1.10. The normalized spacial score (nSPS) is 28.9. The van der Waals surface area contributed by atoms with Gasteiger partial charge in [0.15, 0.2) is 0 Å². The summed E-state index contributed by atoms with van der Waals surface area (Å²) >= 11 is 0. The van der Waals surface area contributed by atoms with Crippen LogP contribution in [0.1, 0.15) is 52.4 Å². The number of carbonyl (C=O) groups excluding carboxylic acids is 1. The topological polar surface area (TPSA) is 66.8 Å². The molecule has 120 valence electrons. The summed E-state index contributed by atoms with van der Waals surface area (Å²) in [6, 6.07) is 0. The molecule has 1 N–H and O–H groups in total. The van der Waals surface area contributed by atoms with Crippen LogP contribution in [-0.4, -0.2) is 47.7 Å². The second-order valence-electron chi connectivity index (χ2n) is 6.85. The number of aliphatic carboxylic acids is 1. The molecule has 5 heteroatoms. The molecule has 5 nitrogen and oxygen atoms in total. The van der Waals surface area contributed by atoms with E-state index in [1.807, 2.05) is 13.8 Å². The number of likely N-dealkylation sites (tertiary alicyclic amines) is 1. The molecule has 2 aliphatic rings. The Kier molecular flexibility index (Phi) is 4.61. The summed E-state index contributed by atoms with van der Waals surface area (Å²) < 4.78 is 5.60. The van der Waals surface area contributed by atoms with E-state index >= 15 is 0 Å². The second kappa shape index (κ2) is 5.95. The lowest BCUT2D eigenvalue weighted by Gasteiger charge is -2.38. The number of amides is 1. The number of carboxylic acids is 1. The van der Waals surface area contributed by atoms with Crippen LogP contribution < -0.4 is 0 Å². The van der Waals surface area contributed by atoms with E-state index in [0.717, 1.165) is 32.1 Å². The van der Waals surface area contributed by atoms with Crippen molar-refractivity contribution < 1.29 is 19.4 Å². The highest BCUT2D eigenvalue weighted by atomic mass is 16.5. The molecule has 2 fully saturated rings. The zero-order valence-electron chi connectivity index (χ0n) is 13.4. The number of methoxy groups -OCH3 is 1. The lowest BCUT2D eigenvalue weighted by molar-refractivity contribution is -0.160. The number of hydrogen-bond donors (Lipinski definition) is 1. The van der Waals surface area contributed by atoms with E-state index in [9.17, 15) is 14.7 Å². The van der Waals surface area contributed by atoms with Crippen molar-refractivity contribution >= 4 is 11.9 Å². The zero-order chi connectivity index (χ0) is 15.7. The number of rotatable bonds is 4. The Bertz CT molecular complexity index is 415. The molecule has 21 heavy (non-hydrogen) atoms. The average Bonchev–Trinajstić information content (AvgIpc) is 2.93. The third-order valence-electron chi connectivity index (χ3n) is 5.56. The Labute approximate surface area is 126 Å². The molecule has 1 saturated carbocycles. The molecule has 1 unspecified atom stereocenters. The van der Waals surface area contributed by atoms with Crippen LogP contribution in [0.3, 0.4) is 0 Å². The maximum atomic E-state index is 12.9. The summed E-state index contributed by atoms with van der Waals surface area (Å²) in [6.07, 6.45) is 5.18. The maximum Gasteiger partial charge on any atom is 0.311 e. The van der Waals surface area contributed by atoms with Gasteiger partial charge in [-0.05, 0) is 25.2 Å². The summed E-state index contributed by atoms with van der Waals surface area (Å²) in [5.74, 6) is -0.783. The van der Waals surface area contributed by atoms with E-state index in [2.05, 4.69) is 0 Å². The first-order valence-corrected chi connectivity index (χ1v) is 7.96. The summed E-state index contributed by atoms with van der Waals surface area (Å²) in [5.41, 5.74) is -1.52. The van der Waals surface area contributed by atoms with Crippen LogP contribution in [0.25, 0.3) is 0 Å². The smallest absolute Gasteiger partial charge is 0.311 e. The van der Waals surface area contributed by atoms with E-state index in [0.29, 0.717) is 19.5 Å². The van der Waals surface area contributed by atoms with Crippen molar-refractivity contribution in [3.05, 3.63) is 0 Å². The molecule has 1 saturated heterocycles. The number of hydrogen-bond acceptors (Lipinski definition) is 3. The third kappa shape index (κ3) is 2.68. The molecule has 1 heterocycles. The van der Waals surface area contributed by atoms with Crippen molar-refractivity contribution in [2.24, 2.45) is 11.3 Å². The molecular weight excluding hydrogens is 270 g/mol. The van der Waals surface area contributed by atoms with Gasteiger partial charge in [0.2, 0.25) is 0 Å². The Morgan fingerprint density at radius 3 is 2.19 bits per heavy atom. The van der Waals surface area contributed by atoms with Gasteiger partial charge in [-0.3, -0.25) is 9.59 Å². The molecule has 0 spiro atoms. The molecular formula is C16H27NO4. The summed E-state index contributed by atoms with van der Waals surface area (Å²) in [6.45, 7) is 4.68. The molecule has 1 aliphatic carbocycles. The summed E-state index contributed by atoms with van der Waals surface area (Å²) in [4.78, 5) is 26.3. The standard InChI is InChI=1S/C16H27NO4/c1-12(2)15(14(19)20)9-10-17(11-15)13(18)16(21-3)7-5-4-6-8-16/h12H,4-11H2,1-3H3,(H,19,20). The van der Waals surface area contributed by atoms with Gasteiger partial charge in [-0.2, -0.15) is 0 Å². The lowest BCUT2D eigenvalue weighted by Crippen LogP contribution is -2.52. The van der Waals surface area contributed by atoms with Gasteiger partial charge >= 0.3 is 5.97 Å². The Balaban J connectivity index is 2.16. The van der Waals surface area contributed by atoms with Crippen LogP contribution in [0.2, 0.25) is 0 Å². The van der Waals surface area contributed by atoms with Crippen LogP contribution in [0.4, 0.5) is 0 Å². The van der Waals surface area contributed by atoms with Crippen molar-refractivity contribution in [1.82, 2.24) is 4.90 Å². The van der Waals surface area contributed by atoms with Gasteiger partial charge in [-0.25, -0.2) is 0 Å². The van der Waals surface area contributed by atoms with Gasteiger partial charge in [0, 0.05) is 20.2 Å². The highest BCUT2D eigenvalue weighted by Gasteiger charge is 2.52. The van der Waals surface area contributed by atoms with E-state index in [1.165, 1.54) is 0 Å². The van der Waals surface area contributed by atoms with Crippen LogP contribution in [0.15, 0.2) is 0 Å². The third-order valence-corrected chi connectivity index (χ3v) is 5.56. The zero-order valence-corrected chi connectivity index (χ0v) is 13.4. The summed E-state index contributed by atoms with van der Waals surface area (Å²) in [7, 11) is 1.60. The first-order chi connectivity index (χ1) is 9.88. The Morgan fingerprint density at radius 2 is 1.76 bits per heavy atom. The van der Waals surface area contributed by atoms with Gasteiger partial charge < -0.3 is 14.7 Å². The van der Waals surface area contributed by atoms with E-state index in [-0.39, 0.29) is 11.8 Å². The first-order valence-electron chi connectivity index (χ1n) is 7.96. The minimum Gasteiger partial charge on any atom is -0.481 e. The number of ether oxygens (including phenoxy) is 1. The van der Waals surface area contributed by atoms with E-state index in [1.54, 1.807) is 12.0 Å². The van der Waals surface area contributed by atoms with Crippen molar-refractivity contribution in [3.8, 4) is 0 Å². The largest absolute Gasteiger partial charge is 0.481 e. The van der Waals surface area contributed by atoms with Crippen LogP contribution >= 0.6 is 0 Å². The van der Waals surface area contributed by atoms with Crippen molar-refractivity contribution in [2.75, 3.05) is 20.2 Å². The molecule has 1 atom stereocenters. The minimum atomic E-state index is -0.806. The number of carbonyl (C=O) groups is 2. The quantitative estimate of drug-likeness (QED) is 0.864. The van der Waals surface area contributed by atoms with Gasteiger partial charge in [0.1, 0.15) is 5.60 Å². The van der Waals surface area contributed by atoms with Gasteiger partial charge in [-0.15, -0.1) is 0 Å².